The molecule has 4 heterocycles. The zero-order valence-corrected chi connectivity index (χ0v) is 15.7. The molecule has 0 radical (unpaired) electrons. The van der Waals surface area contributed by atoms with Gasteiger partial charge in [-0.1, -0.05) is 20.3 Å². The van der Waals surface area contributed by atoms with Crippen LogP contribution in [0.1, 0.15) is 48.4 Å². The number of hydrogen-bond acceptors (Lipinski definition) is 6. The summed E-state index contributed by atoms with van der Waals surface area (Å²) in [5.74, 6) is 1.81. The first-order valence-corrected chi connectivity index (χ1v) is 9.16. The highest BCUT2D eigenvalue weighted by Gasteiger charge is 2.38. The molecule has 0 saturated carbocycles. The van der Waals surface area contributed by atoms with Crippen LogP contribution in [0.2, 0.25) is 0 Å². The van der Waals surface area contributed by atoms with E-state index in [4.69, 9.17) is 9.40 Å². The number of pyridine rings is 1. The number of hydrogen-bond donors (Lipinski definition) is 0. The Morgan fingerprint density at radius 2 is 2.26 bits per heavy atom. The smallest absolute Gasteiger partial charge is 0.292 e. The molecule has 0 aliphatic carbocycles. The molecular weight excluding hydrogens is 344 g/mol. The first-order chi connectivity index (χ1) is 13.1. The fourth-order valence-corrected chi connectivity index (χ4v) is 3.49. The van der Waals surface area contributed by atoms with E-state index in [2.05, 4.69) is 28.9 Å². The molecule has 3 aromatic rings. The van der Waals surface area contributed by atoms with E-state index in [0.29, 0.717) is 30.4 Å². The fraction of sp³-hybridized carbons (Fsp3) is 0.421. The highest BCUT2D eigenvalue weighted by atomic mass is 16.3. The van der Waals surface area contributed by atoms with Crippen molar-refractivity contribution in [3.63, 3.8) is 0 Å². The van der Waals surface area contributed by atoms with E-state index in [1.165, 1.54) is 6.39 Å². The maximum Gasteiger partial charge on any atom is 0.292 e. The predicted molar refractivity (Wildman–Crippen MR) is 97.7 cm³/mol. The van der Waals surface area contributed by atoms with E-state index in [0.717, 1.165) is 17.8 Å². The molecule has 1 aliphatic rings. The summed E-state index contributed by atoms with van der Waals surface area (Å²) in [6.07, 6.45) is 5.70. The Hall–Kier alpha value is -3.03. The normalized spacial score (nSPS) is 17.6. The first kappa shape index (κ1) is 17.4. The van der Waals surface area contributed by atoms with E-state index in [1.807, 2.05) is 21.7 Å². The summed E-state index contributed by atoms with van der Waals surface area (Å²) >= 11 is 0. The van der Waals surface area contributed by atoms with Crippen LogP contribution in [-0.2, 0) is 6.54 Å². The number of oxazole rings is 1. The Morgan fingerprint density at radius 3 is 2.93 bits per heavy atom. The summed E-state index contributed by atoms with van der Waals surface area (Å²) in [6.45, 7) is 7.17. The lowest BCUT2D eigenvalue weighted by molar-refractivity contribution is 0.0486. The lowest BCUT2D eigenvalue weighted by Gasteiger charge is -2.37. The summed E-state index contributed by atoms with van der Waals surface area (Å²) in [6, 6.07) is 3.64. The van der Waals surface area contributed by atoms with Gasteiger partial charge in [0.25, 0.3) is 5.91 Å². The number of amides is 1. The molecule has 2 atom stereocenters. The average Bonchev–Trinajstić information content (AvgIpc) is 3.32. The summed E-state index contributed by atoms with van der Waals surface area (Å²) in [7, 11) is 0. The third kappa shape index (κ3) is 3.01. The maximum atomic E-state index is 13.1. The molecule has 1 amide bonds. The molecule has 0 aromatic carbocycles. The van der Waals surface area contributed by atoms with E-state index >= 15 is 0 Å². The Morgan fingerprint density at radius 1 is 1.41 bits per heavy atom. The van der Waals surface area contributed by atoms with Crippen LogP contribution in [0.15, 0.2) is 35.3 Å². The third-order valence-corrected chi connectivity index (χ3v) is 5.16. The monoisotopic (exact) mass is 366 g/mol. The first-order valence-electron chi connectivity index (χ1n) is 9.16. The van der Waals surface area contributed by atoms with Gasteiger partial charge >= 0.3 is 0 Å². The van der Waals surface area contributed by atoms with Crippen LogP contribution >= 0.6 is 0 Å². The van der Waals surface area contributed by atoms with Crippen LogP contribution in [0, 0.1) is 12.8 Å². The van der Waals surface area contributed by atoms with E-state index in [-0.39, 0.29) is 17.9 Å². The van der Waals surface area contributed by atoms with Gasteiger partial charge in [0.2, 0.25) is 5.76 Å². The van der Waals surface area contributed by atoms with Crippen LogP contribution in [-0.4, -0.2) is 42.1 Å². The minimum atomic E-state index is -0.168. The minimum Gasteiger partial charge on any atom is -0.438 e. The second kappa shape index (κ2) is 6.94. The van der Waals surface area contributed by atoms with Gasteiger partial charge in [0.05, 0.1) is 18.3 Å². The van der Waals surface area contributed by atoms with Crippen molar-refractivity contribution in [2.75, 3.05) is 6.54 Å². The van der Waals surface area contributed by atoms with E-state index in [9.17, 15) is 4.79 Å². The Balaban J connectivity index is 1.74. The number of rotatable bonds is 4. The van der Waals surface area contributed by atoms with Crippen LogP contribution in [0.5, 0.6) is 0 Å². The quantitative estimate of drug-likeness (QED) is 0.705. The molecule has 0 saturated heterocycles. The number of aryl methyl sites for hydroxylation is 1. The second-order valence-corrected chi connectivity index (χ2v) is 6.85. The van der Waals surface area contributed by atoms with Gasteiger partial charge in [-0.15, -0.1) is 0 Å². The van der Waals surface area contributed by atoms with Crippen LogP contribution < -0.4 is 0 Å². The lowest BCUT2D eigenvalue weighted by atomic mass is 9.95. The van der Waals surface area contributed by atoms with Crippen molar-refractivity contribution in [2.45, 2.75) is 39.8 Å². The van der Waals surface area contributed by atoms with E-state index in [1.54, 1.807) is 19.3 Å². The summed E-state index contributed by atoms with van der Waals surface area (Å²) in [5, 5.41) is 4.65. The van der Waals surface area contributed by atoms with Crippen molar-refractivity contribution >= 4 is 5.91 Å². The Kier molecular flexibility index (Phi) is 4.47. The van der Waals surface area contributed by atoms with Gasteiger partial charge in [-0.2, -0.15) is 5.10 Å². The summed E-state index contributed by atoms with van der Waals surface area (Å²) in [5.41, 5.74) is 1.47. The van der Waals surface area contributed by atoms with Gasteiger partial charge in [0.1, 0.15) is 0 Å². The minimum absolute atomic E-state index is 0.146. The maximum absolute atomic E-state index is 13.1. The van der Waals surface area contributed by atoms with Gasteiger partial charge in [-0.25, -0.2) is 14.6 Å². The number of nitrogens with zero attached hydrogens (tertiary/aromatic N) is 6. The zero-order valence-electron chi connectivity index (χ0n) is 15.7. The van der Waals surface area contributed by atoms with Crippen LogP contribution in [0.3, 0.4) is 0 Å². The molecule has 3 aromatic heterocycles. The molecule has 1 aliphatic heterocycles. The predicted octanol–water partition coefficient (Wildman–Crippen LogP) is 2.88. The lowest BCUT2D eigenvalue weighted by Crippen LogP contribution is -2.45. The summed E-state index contributed by atoms with van der Waals surface area (Å²) < 4.78 is 7.26. The highest BCUT2D eigenvalue weighted by Crippen LogP contribution is 2.35. The number of carbonyl (C=O) groups excluding carboxylic acids is 1. The number of fused-ring (bicyclic) bond motifs is 1. The van der Waals surface area contributed by atoms with Crippen molar-refractivity contribution in [2.24, 2.45) is 5.92 Å². The molecule has 8 nitrogen and oxygen atoms in total. The zero-order chi connectivity index (χ0) is 19.0. The van der Waals surface area contributed by atoms with Crippen molar-refractivity contribution in [1.82, 2.24) is 29.6 Å². The van der Waals surface area contributed by atoms with E-state index < -0.39 is 0 Å². The van der Waals surface area contributed by atoms with Gasteiger partial charge in [0, 0.05) is 24.5 Å². The Labute approximate surface area is 157 Å². The third-order valence-electron chi connectivity index (χ3n) is 5.16. The summed E-state index contributed by atoms with van der Waals surface area (Å²) in [4.78, 5) is 28.0. The number of aromatic nitrogens is 5. The van der Waals surface area contributed by atoms with Crippen molar-refractivity contribution in [1.29, 1.82) is 0 Å². The molecule has 0 N–H and O–H groups in total. The topological polar surface area (TPSA) is 89.9 Å². The SMILES string of the molecule is CC[C@H](C)[C@H]1c2nc(-c3cccnc3)nn2CCN1C(=O)c1ocnc1C. The fourth-order valence-electron chi connectivity index (χ4n) is 3.49. The largest absolute Gasteiger partial charge is 0.438 e. The highest BCUT2D eigenvalue weighted by molar-refractivity contribution is 5.92. The van der Waals surface area contributed by atoms with Gasteiger partial charge in [-0.3, -0.25) is 9.78 Å². The average molecular weight is 366 g/mol. The molecule has 27 heavy (non-hydrogen) atoms. The molecule has 0 bridgehead atoms. The van der Waals surface area contributed by atoms with Gasteiger partial charge in [-0.05, 0) is 25.0 Å². The van der Waals surface area contributed by atoms with Crippen molar-refractivity contribution in [3.8, 4) is 11.4 Å². The Bertz CT molecular complexity index is 948. The molecule has 140 valence electrons. The van der Waals surface area contributed by atoms with Crippen LogP contribution in [0.25, 0.3) is 11.4 Å². The standard InChI is InChI=1S/C19H22N6O2/c1-4-12(2)15-18-22-17(14-6-5-7-20-10-14)23-25(18)9-8-24(15)19(26)16-13(3)21-11-27-16/h5-7,10-12,15H,4,8-9H2,1-3H3/t12-,15-/m0/s1. The van der Waals surface area contributed by atoms with Gasteiger partial charge < -0.3 is 9.32 Å². The van der Waals surface area contributed by atoms with Gasteiger partial charge in [0.15, 0.2) is 18.0 Å². The molecule has 0 unspecified atom stereocenters. The second-order valence-electron chi connectivity index (χ2n) is 6.85. The molecule has 0 spiro atoms. The van der Waals surface area contributed by atoms with Crippen molar-refractivity contribution in [3.05, 3.63) is 48.2 Å². The molecule has 8 heteroatoms. The van der Waals surface area contributed by atoms with Crippen LogP contribution in [0.4, 0.5) is 0 Å². The molecular formula is C19H22N6O2. The van der Waals surface area contributed by atoms with Crippen molar-refractivity contribution < 1.29 is 9.21 Å². The number of carbonyl (C=O) groups is 1. The molecule has 0 fully saturated rings. The molecule has 4 rings (SSSR count).